The molecule has 3 rings (SSSR count). The zero-order valence-corrected chi connectivity index (χ0v) is 18.8. The summed E-state index contributed by atoms with van der Waals surface area (Å²) < 4.78 is 16.8. The van der Waals surface area contributed by atoms with E-state index < -0.39 is 29.9 Å². The second-order valence-corrected chi connectivity index (χ2v) is 7.64. The first-order valence-electron chi connectivity index (χ1n) is 10.6. The Bertz CT molecular complexity index is 1070. The molecule has 0 amide bonds. The average Bonchev–Trinajstić information content (AvgIpc) is 2.83. The molecule has 3 atom stereocenters. The van der Waals surface area contributed by atoms with Crippen LogP contribution in [0.1, 0.15) is 42.4 Å². The maximum Gasteiger partial charge on any atom is 0.309 e. The molecule has 0 saturated carbocycles. The fourth-order valence-electron chi connectivity index (χ4n) is 3.36. The van der Waals surface area contributed by atoms with Crippen molar-refractivity contribution >= 4 is 11.8 Å². The van der Waals surface area contributed by atoms with Crippen molar-refractivity contribution in [3.63, 3.8) is 0 Å². The normalized spacial score (nSPS) is 13.4. The number of carbonyl (C=O) groups excluding carboxylic acids is 2. The zero-order valence-electron chi connectivity index (χ0n) is 18.8. The molecule has 172 valence electrons. The van der Waals surface area contributed by atoms with Crippen molar-refractivity contribution in [3.8, 4) is 17.2 Å². The Kier molecular flexibility index (Phi) is 8.02. The van der Waals surface area contributed by atoms with E-state index in [0.717, 1.165) is 5.56 Å². The van der Waals surface area contributed by atoms with Crippen molar-refractivity contribution < 1.29 is 28.9 Å². The molecule has 0 aliphatic heterocycles. The summed E-state index contributed by atoms with van der Waals surface area (Å²) in [4.78, 5) is 29.5. The molecule has 3 aromatic rings. The fraction of sp³-hybridized carbons (Fsp3) is 0.269. The number of rotatable bonds is 10. The van der Waals surface area contributed by atoms with Gasteiger partial charge in [-0.25, -0.2) is 4.98 Å². The van der Waals surface area contributed by atoms with E-state index in [1.54, 1.807) is 6.92 Å². The highest BCUT2D eigenvalue weighted by Crippen LogP contribution is 2.30. The molecule has 0 fully saturated rings. The number of methoxy groups -OCH3 is 1. The minimum absolute atomic E-state index is 0.139. The van der Waals surface area contributed by atoms with Gasteiger partial charge in [-0.3, -0.25) is 9.59 Å². The Balaban J connectivity index is 1.72. The van der Waals surface area contributed by atoms with Gasteiger partial charge in [-0.1, -0.05) is 55.5 Å². The van der Waals surface area contributed by atoms with E-state index in [2.05, 4.69) is 4.98 Å². The summed E-state index contributed by atoms with van der Waals surface area (Å²) in [6.07, 6.45) is 0.0238. The highest BCUT2D eigenvalue weighted by molar-refractivity contribution is 5.99. The SMILES string of the molecule is COc1ccnc(C(=O)C[C@@H](C)C(=O)O[C@H](c2ccccc2)[C@H](C)Oc2ccccc2)c1O. The van der Waals surface area contributed by atoms with Crippen LogP contribution in [-0.2, 0) is 9.53 Å². The van der Waals surface area contributed by atoms with Crippen LogP contribution < -0.4 is 9.47 Å². The van der Waals surface area contributed by atoms with E-state index in [9.17, 15) is 14.7 Å². The van der Waals surface area contributed by atoms with Crippen molar-refractivity contribution in [2.45, 2.75) is 32.5 Å². The second-order valence-electron chi connectivity index (χ2n) is 7.64. The molecule has 0 bridgehead atoms. The Labute approximate surface area is 193 Å². The van der Waals surface area contributed by atoms with E-state index in [1.807, 2.05) is 67.6 Å². The number of nitrogens with zero attached hydrogens (tertiary/aromatic N) is 1. The number of pyridine rings is 1. The van der Waals surface area contributed by atoms with Gasteiger partial charge in [0.15, 0.2) is 29.1 Å². The molecule has 7 heteroatoms. The molecule has 2 aromatic carbocycles. The Morgan fingerprint density at radius 2 is 1.61 bits per heavy atom. The standard InChI is InChI=1S/C26H27NO6/c1-17(16-21(28)23-24(29)22(31-3)14-15-27-23)26(30)33-25(19-10-6-4-7-11-19)18(2)32-20-12-8-5-9-13-20/h4-15,17-18,25,29H,16H2,1-3H3/t17-,18+,25+/m1/s1. The van der Waals surface area contributed by atoms with Crippen LogP contribution in [0.25, 0.3) is 0 Å². The zero-order chi connectivity index (χ0) is 23.8. The fourth-order valence-corrected chi connectivity index (χ4v) is 3.36. The third-order valence-electron chi connectivity index (χ3n) is 5.13. The summed E-state index contributed by atoms with van der Waals surface area (Å²) in [5, 5.41) is 10.2. The van der Waals surface area contributed by atoms with Crippen molar-refractivity contribution in [2.24, 2.45) is 5.92 Å². The molecule has 0 radical (unpaired) electrons. The smallest absolute Gasteiger partial charge is 0.309 e. The van der Waals surface area contributed by atoms with Gasteiger partial charge in [0.1, 0.15) is 11.9 Å². The van der Waals surface area contributed by atoms with Gasteiger partial charge in [0.25, 0.3) is 0 Å². The van der Waals surface area contributed by atoms with Gasteiger partial charge in [-0.05, 0) is 24.6 Å². The number of benzene rings is 2. The lowest BCUT2D eigenvalue weighted by molar-refractivity contribution is -0.158. The van der Waals surface area contributed by atoms with Crippen LogP contribution in [0.3, 0.4) is 0 Å². The predicted octanol–water partition coefficient (Wildman–Crippen LogP) is 4.76. The number of esters is 1. The van der Waals surface area contributed by atoms with Crippen molar-refractivity contribution in [1.82, 2.24) is 4.98 Å². The molecule has 1 heterocycles. The molecule has 1 N–H and O–H groups in total. The molecule has 0 spiro atoms. The molecule has 7 nitrogen and oxygen atoms in total. The summed E-state index contributed by atoms with van der Waals surface area (Å²) in [5.74, 6) is -1.36. The Morgan fingerprint density at radius 3 is 2.24 bits per heavy atom. The van der Waals surface area contributed by atoms with Crippen molar-refractivity contribution in [1.29, 1.82) is 0 Å². The third kappa shape index (κ3) is 6.10. The van der Waals surface area contributed by atoms with E-state index in [4.69, 9.17) is 14.2 Å². The number of ketones is 1. The quantitative estimate of drug-likeness (QED) is 0.352. The van der Waals surface area contributed by atoms with Crippen LogP contribution in [-0.4, -0.2) is 35.1 Å². The van der Waals surface area contributed by atoms with E-state index in [-0.39, 0.29) is 23.6 Å². The summed E-state index contributed by atoms with van der Waals surface area (Å²) >= 11 is 0. The first kappa shape index (κ1) is 23.8. The second kappa shape index (κ2) is 11.1. The van der Waals surface area contributed by atoms with E-state index in [0.29, 0.717) is 5.75 Å². The lowest BCUT2D eigenvalue weighted by Gasteiger charge is -2.26. The van der Waals surface area contributed by atoms with Crippen molar-refractivity contribution in [2.75, 3.05) is 7.11 Å². The summed E-state index contributed by atoms with van der Waals surface area (Å²) in [5.41, 5.74) is 0.634. The molecule has 1 aromatic heterocycles. The van der Waals surface area contributed by atoms with E-state index >= 15 is 0 Å². The maximum absolute atomic E-state index is 12.9. The molecule has 0 aliphatic rings. The number of hydrogen-bond donors (Lipinski definition) is 1. The van der Waals surface area contributed by atoms with E-state index in [1.165, 1.54) is 19.4 Å². The number of para-hydroxylation sites is 1. The third-order valence-corrected chi connectivity index (χ3v) is 5.13. The summed E-state index contributed by atoms with van der Waals surface area (Å²) in [7, 11) is 1.38. The minimum atomic E-state index is -0.764. The van der Waals surface area contributed by atoms with Crippen LogP contribution in [0.5, 0.6) is 17.2 Å². The summed E-state index contributed by atoms with van der Waals surface area (Å²) in [6, 6.07) is 20.0. The summed E-state index contributed by atoms with van der Waals surface area (Å²) in [6.45, 7) is 3.42. The van der Waals surface area contributed by atoms with Crippen LogP contribution in [0.2, 0.25) is 0 Å². The molecule has 33 heavy (non-hydrogen) atoms. The number of aromatic hydroxyl groups is 1. The average molecular weight is 450 g/mol. The van der Waals surface area contributed by atoms with Gasteiger partial charge < -0.3 is 19.3 Å². The van der Waals surface area contributed by atoms with Gasteiger partial charge in [-0.15, -0.1) is 0 Å². The van der Waals surface area contributed by atoms with Crippen LogP contribution in [0.15, 0.2) is 72.9 Å². The van der Waals surface area contributed by atoms with Gasteiger partial charge in [-0.2, -0.15) is 0 Å². The van der Waals surface area contributed by atoms with Gasteiger partial charge >= 0.3 is 5.97 Å². The van der Waals surface area contributed by atoms with Gasteiger partial charge in [0.05, 0.1) is 13.0 Å². The number of aromatic nitrogens is 1. The topological polar surface area (TPSA) is 95.0 Å². The predicted molar refractivity (Wildman–Crippen MR) is 122 cm³/mol. The largest absolute Gasteiger partial charge is 0.503 e. The number of hydrogen-bond acceptors (Lipinski definition) is 7. The highest BCUT2D eigenvalue weighted by atomic mass is 16.6. The van der Waals surface area contributed by atoms with Crippen LogP contribution in [0, 0.1) is 5.92 Å². The highest BCUT2D eigenvalue weighted by Gasteiger charge is 2.29. The van der Waals surface area contributed by atoms with Crippen LogP contribution >= 0.6 is 0 Å². The number of ether oxygens (including phenoxy) is 3. The lowest BCUT2D eigenvalue weighted by Crippen LogP contribution is -2.29. The minimum Gasteiger partial charge on any atom is -0.503 e. The lowest BCUT2D eigenvalue weighted by atomic mass is 10.0. The Hall–Kier alpha value is -3.87. The Morgan fingerprint density at radius 1 is 0.970 bits per heavy atom. The molecular weight excluding hydrogens is 422 g/mol. The molecule has 0 saturated heterocycles. The first-order valence-corrected chi connectivity index (χ1v) is 10.6. The monoisotopic (exact) mass is 449 g/mol. The number of Topliss-reactive ketones (excluding diaryl/α,β-unsaturated/α-hetero) is 1. The van der Waals surface area contributed by atoms with Gasteiger partial charge in [0.2, 0.25) is 0 Å². The molecule has 0 aliphatic carbocycles. The first-order chi connectivity index (χ1) is 15.9. The number of carbonyl (C=O) groups is 2. The molecular formula is C26H27NO6. The van der Waals surface area contributed by atoms with Gasteiger partial charge in [0, 0.05) is 18.7 Å². The molecule has 0 unspecified atom stereocenters. The maximum atomic E-state index is 12.9. The van der Waals surface area contributed by atoms with Crippen LogP contribution in [0.4, 0.5) is 0 Å². The van der Waals surface area contributed by atoms with Crippen molar-refractivity contribution in [3.05, 3.63) is 84.2 Å².